The molecule has 0 aliphatic carbocycles. The Kier molecular flexibility index (Phi) is 2.14. The third-order valence-electron chi connectivity index (χ3n) is 2.01. The summed E-state index contributed by atoms with van der Waals surface area (Å²) in [6.45, 7) is 1.69. The molecule has 0 bridgehead atoms. The normalized spacial score (nSPS) is 10.1. The van der Waals surface area contributed by atoms with Crippen LogP contribution in [0.25, 0.3) is 11.3 Å². The predicted octanol–water partition coefficient (Wildman–Crippen LogP) is 2.11. The van der Waals surface area contributed by atoms with Crippen molar-refractivity contribution in [1.29, 1.82) is 0 Å². The summed E-state index contributed by atoms with van der Waals surface area (Å²) >= 11 is 0. The van der Waals surface area contributed by atoms with E-state index in [1.54, 1.807) is 6.92 Å². The average molecular weight is 186 g/mol. The van der Waals surface area contributed by atoms with Gasteiger partial charge in [-0.1, -0.05) is 35.5 Å². The van der Waals surface area contributed by atoms with Crippen LogP contribution in [0, 0.1) is 6.92 Å². The number of benzene rings is 1. The smallest absolute Gasteiger partial charge is 0.239 e. The molecule has 0 amide bonds. The minimum atomic E-state index is 0.399. The molecule has 1 heterocycles. The number of hydrogen-bond acceptors (Lipinski definition) is 3. The summed E-state index contributed by atoms with van der Waals surface area (Å²) in [5.41, 5.74) is 1.82. The second-order valence-electron chi connectivity index (χ2n) is 2.93. The highest BCUT2D eigenvalue weighted by atomic mass is 16.5. The fraction of sp³-hybridized carbons (Fsp3) is 0.0909. The van der Waals surface area contributed by atoms with Gasteiger partial charge in [0.25, 0.3) is 0 Å². The number of aryl methyl sites for hydroxylation is 1. The molecule has 0 fully saturated rings. The van der Waals surface area contributed by atoms with Crippen molar-refractivity contribution < 1.29 is 9.32 Å². The van der Waals surface area contributed by atoms with Crippen LogP contribution in [0.4, 0.5) is 0 Å². The van der Waals surface area contributed by atoms with Crippen molar-refractivity contribution in [3.05, 3.63) is 41.7 Å². The zero-order chi connectivity index (χ0) is 9.97. The van der Waals surface area contributed by atoms with E-state index in [9.17, 15) is 4.79 Å². The van der Waals surface area contributed by atoms with Crippen LogP contribution >= 0.6 is 0 Å². The molecule has 14 heavy (non-hydrogen) atoms. The van der Waals surface area contributed by atoms with Crippen LogP contribution in [-0.2, 0) is 4.79 Å². The lowest BCUT2D eigenvalue weighted by molar-refractivity contribution is 0.399. The lowest BCUT2D eigenvalue weighted by Gasteiger charge is -1.94. The standard InChI is InChI=1S/C11H8NO2/c1-8-10(7-13)11(12-14-8)9-5-3-2-4-6-9/h2-6H,1H3. The van der Waals surface area contributed by atoms with Gasteiger partial charge in [0.15, 0.2) is 0 Å². The van der Waals surface area contributed by atoms with E-state index in [0.29, 0.717) is 17.0 Å². The first-order valence-corrected chi connectivity index (χ1v) is 4.23. The van der Waals surface area contributed by atoms with Gasteiger partial charge in [0.1, 0.15) is 11.5 Å². The van der Waals surface area contributed by atoms with Gasteiger partial charge < -0.3 is 4.52 Å². The fourth-order valence-electron chi connectivity index (χ4n) is 1.29. The molecule has 1 aromatic carbocycles. The first kappa shape index (κ1) is 8.69. The summed E-state index contributed by atoms with van der Waals surface area (Å²) in [5.74, 6) is 0.499. The van der Waals surface area contributed by atoms with Crippen LogP contribution in [0.3, 0.4) is 0 Å². The molecule has 1 aromatic heterocycles. The average Bonchev–Trinajstić information content (AvgIpc) is 2.61. The highest BCUT2D eigenvalue weighted by Gasteiger charge is 2.13. The first-order chi connectivity index (χ1) is 6.83. The Morgan fingerprint density at radius 1 is 1.29 bits per heavy atom. The van der Waals surface area contributed by atoms with Crippen LogP contribution < -0.4 is 0 Å². The van der Waals surface area contributed by atoms with E-state index in [1.165, 1.54) is 0 Å². The molecule has 0 unspecified atom stereocenters. The molecule has 3 nitrogen and oxygen atoms in total. The Labute approximate surface area is 81.3 Å². The number of hydrogen-bond donors (Lipinski definition) is 0. The molecule has 0 saturated carbocycles. The van der Waals surface area contributed by atoms with Gasteiger partial charge in [0.05, 0.1) is 5.56 Å². The number of nitrogens with zero attached hydrogens (tertiary/aromatic N) is 1. The monoisotopic (exact) mass is 186 g/mol. The molecule has 1 radical (unpaired) electrons. The van der Waals surface area contributed by atoms with Crippen molar-refractivity contribution in [1.82, 2.24) is 5.16 Å². The van der Waals surface area contributed by atoms with Gasteiger partial charge in [-0.25, -0.2) is 0 Å². The zero-order valence-electron chi connectivity index (χ0n) is 7.65. The summed E-state index contributed by atoms with van der Waals surface area (Å²) in [5, 5.41) is 3.82. The van der Waals surface area contributed by atoms with Crippen molar-refractivity contribution in [2.45, 2.75) is 6.92 Å². The van der Waals surface area contributed by atoms with Crippen LogP contribution in [-0.4, -0.2) is 11.4 Å². The van der Waals surface area contributed by atoms with Gasteiger partial charge in [0, 0.05) is 5.56 Å². The summed E-state index contributed by atoms with van der Waals surface area (Å²) in [6, 6.07) is 9.42. The van der Waals surface area contributed by atoms with E-state index >= 15 is 0 Å². The van der Waals surface area contributed by atoms with Crippen LogP contribution in [0.1, 0.15) is 11.3 Å². The molecular weight excluding hydrogens is 178 g/mol. The van der Waals surface area contributed by atoms with E-state index in [0.717, 1.165) is 5.56 Å². The van der Waals surface area contributed by atoms with Crippen molar-refractivity contribution in [2.24, 2.45) is 0 Å². The quantitative estimate of drug-likeness (QED) is 0.721. The predicted molar refractivity (Wildman–Crippen MR) is 51.5 cm³/mol. The van der Waals surface area contributed by atoms with Crippen molar-refractivity contribution in [3.63, 3.8) is 0 Å². The van der Waals surface area contributed by atoms with Crippen molar-refractivity contribution in [2.75, 3.05) is 0 Å². The lowest BCUT2D eigenvalue weighted by Crippen LogP contribution is -1.85. The van der Waals surface area contributed by atoms with Gasteiger partial charge in [-0.2, -0.15) is 0 Å². The largest absolute Gasteiger partial charge is 0.360 e. The van der Waals surface area contributed by atoms with Gasteiger partial charge in [-0.15, -0.1) is 0 Å². The molecular formula is C11H8NO2. The van der Waals surface area contributed by atoms with E-state index in [1.807, 2.05) is 36.6 Å². The number of rotatable bonds is 2. The van der Waals surface area contributed by atoms with Crippen LogP contribution in [0.5, 0.6) is 0 Å². The summed E-state index contributed by atoms with van der Waals surface area (Å²) in [4.78, 5) is 10.7. The summed E-state index contributed by atoms with van der Waals surface area (Å²) in [7, 11) is 0. The highest BCUT2D eigenvalue weighted by molar-refractivity contribution is 5.86. The third-order valence-corrected chi connectivity index (χ3v) is 2.01. The molecule has 0 aliphatic heterocycles. The fourth-order valence-corrected chi connectivity index (χ4v) is 1.29. The maximum atomic E-state index is 10.7. The molecule has 2 rings (SSSR count). The maximum Gasteiger partial charge on any atom is 0.239 e. The molecule has 0 N–H and O–H groups in total. The van der Waals surface area contributed by atoms with Crippen LogP contribution in [0.15, 0.2) is 34.9 Å². The SMILES string of the molecule is Cc1onc(-c2ccccc2)c1[C]=O. The minimum absolute atomic E-state index is 0.399. The van der Waals surface area contributed by atoms with E-state index < -0.39 is 0 Å². The van der Waals surface area contributed by atoms with Crippen LogP contribution in [0.2, 0.25) is 0 Å². The molecule has 2 aromatic rings. The van der Waals surface area contributed by atoms with Gasteiger partial charge in [0.2, 0.25) is 6.29 Å². The number of aromatic nitrogens is 1. The lowest BCUT2D eigenvalue weighted by atomic mass is 10.1. The van der Waals surface area contributed by atoms with Crippen molar-refractivity contribution in [3.8, 4) is 11.3 Å². The van der Waals surface area contributed by atoms with E-state index in [4.69, 9.17) is 4.52 Å². The topological polar surface area (TPSA) is 43.1 Å². The maximum absolute atomic E-state index is 10.7. The van der Waals surface area contributed by atoms with E-state index in [2.05, 4.69) is 5.16 Å². The molecule has 0 atom stereocenters. The zero-order valence-corrected chi connectivity index (χ0v) is 7.65. The van der Waals surface area contributed by atoms with E-state index in [-0.39, 0.29) is 0 Å². The molecule has 0 saturated heterocycles. The molecule has 0 aliphatic rings. The highest BCUT2D eigenvalue weighted by Crippen LogP contribution is 2.22. The Morgan fingerprint density at radius 2 is 2.00 bits per heavy atom. The number of carbonyl (C=O) groups excluding carboxylic acids is 1. The second kappa shape index (κ2) is 3.46. The van der Waals surface area contributed by atoms with Gasteiger partial charge in [-0.05, 0) is 6.92 Å². The summed E-state index contributed by atoms with van der Waals surface area (Å²) < 4.78 is 4.93. The van der Waals surface area contributed by atoms with Gasteiger partial charge in [-0.3, -0.25) is 4.79 Å². The molecule has 0 spiro atoms. The Hall–Kier alpha value is -1.90. The summed E-state index contributed by atoms with van der Waals surface area (Å²) in [6.07, 6.45) is 1.84. The molecule has 3 heteroatoms. The first-order valence-electron chi connectivity index (χ1n) is 4.23. The Morgan fingerprint density at radius 3 is 2.64 bits per heavy atom. The molecule has 69 valence electrons. The Bertz CT molecular complexity index is 446. The Balaban J connectivity index is 2.57. The minimum Gasteiger partial charge on any atom is -0.360 e. The van der Waals surface area contributed by atoms with Gasteiger partial charge >= 0.3 is 0 Å². The third kappa shape index (κ3) is 1.33. The van der Waals surface area contributed by atoms with Crippen molar-refractivity contribution >= 4 is 6.29 Å². The second-order valence-corrected chi connectivity index (χ2v) is 2.93.